The van der Waals surface area contributed by atoms with Crippen molar-refractivity contribution in [3.05, 3.63) is 87.7 Å². The molecule has 1 aromatic heterocycles. The molecule has 12 heteroatoms. The van der Waals surface area contributed by atoms with Crippen LogP contribution in [0.25, 0.3) is 0 Å². The molecule has 0 saturated heterocycles. The van der Waals surface area contributed by atoms with Gasteiger partial charge in [-0.25, -0.2) is 18.6 Å². The van der Waals surface area contributed by atoms with Gasteiger partial charge in [0.2, 0.25) is 0 Å². The molecule has 1 atom stereocenters. The number of aromatic nitrogens is 1. The van der Waals surface area contributed by atoms with E-state index >= 15 is 0 Å². The maximum absolute atomic E-state index is 14.4. The molecule has 0 fully saturated rings. The van der Waals surface area contributed by atoms with Crippen LogP contribution in [-0.4, -0.2) is 35.7 Å². The fourth-order valence-electron chi connectivity index (χ4n) is 2.99. The first-order chi connectivity index (χ1) is 17.7. The second kappa shape index (κ2) is 12.9. The highest BCUT2D eigenvalue weighted by molar-refractivity contribution is 6.36. The van der Waals surface area contributed by atoms with Crippen LogP contribution in [0.4, 0.5) is 25.0 Å². The number of aliphatic imine (C=N–C) groups is 1. The minimum Gasteiger partial charge on any atom is -0.465 e. The summed E-state index contributed by atoms with van der Waals surface area (Å²) >= 11 is 11.7. The number of anilines is 1. The Morgan fingerprint density at radius 2 is 1.78 bits per heavy atom. The summed E-state index contributed by atoms with van der Waals surface area (Å²) in [5, 5.41) is 1.94. The van der Waals surface area contributed by atoms with Gasteiger partial charge in [0.15, 0.2) is 17.5 Å². The highest BCUT2D eigenvalue weighted by Crippen LogP contribution is 2.27. The molecule has 37 heavy (non-hydrogen) atoms. The summed E-state index contributed by atoms with van der Waals surface area (Å²) in [6.45, 7) is 1.40. The van der Waals surface area contributed by atoms with Crippen LogP contribution in [0.5, 0.6) is 0 Å². The quantitative estimate of drug-likeness (QED) is 0.112. The Morgan fingerprint density at radius 1 is 1.05 bits per heavy atom. The first-order valence-corrected chi connectivity index (χ1v) is 11.5. The molecule has 1 N–H and O–H groups in total. The summed E-state index contributed by atoms with van der Waals surface area (Å²) in [4.78, 5) is 45.1. The molecule has 0 aliphatic heterocycles. The first-order valence-electron chi connectivity index (χ1n) is 10.7. The van der Waals surface area contributed by atoms with E-state index in [0.717, 1.165) is 12.3 Å². The van der Waals surface area contributed by atoms with Crippen molar-refractivity contribution in [3.63, 3.8) is 0 Å². The van der Waals surface area contributed by atoms with Crippen LogP contribution >= 0.6 is 23.2 Å². The van der Waals surface area contributed by atoms with Crippen molar-refractivity contribution in [2.45, 2.75) is 13.5 Å². The van der Waals surface area contributed by atoms with Gasteiger partial charge in [0.25, 0.3) is 0 Å². The number of hydrogen-bond acceptors (Lipinski definition) is 7. The Hall–Kier alpha value is -3.89. The zero-order valence-corrected chi connectivity index (χ0v) is 20.7. The molecule has 192 valence electrons. The lowest BCUT2D eigenvalue weighted by Crippen LogP contribution is -2.28. The molecule has 0 spiro atoms. The summed E-state index contributed by atoms with van der Waals surface area (Å²) in [5.74, 6) is -5.64. The number of benzene rings is 2. The van der Waals surface area contributed by atoms with Crippen LogP contribution in [0.2, 0.25) is 10.3 Å². The number of halogens is 4. The second-order valence-electron chi connectivity index (χ2n) is 7.31. The van der Waals surface area contributed by atoms with E-state index < -0.39 is 46.8 Å². The van der Waals surface area contributed by atoms with Gasteiger partial charge in [0, 0.05) is 12.3 Å². The molecule has 1 amide bonds. The second-order valence-corrected chi connectivity index (χ2v) is 8.06. The standard InChI is InChI=1S/C25H19Cl2F2N3O5/c1-2-36-24(34)16(22(33)15-8-9-21(26)32-23(15)27)12-30-19-11-20(18(29)10-17(19)28)31-25(35)37-13-14-6-4-3-5-7-14/h3-12,16H,2,13H2,1H3,(H,31,35). The molecule has 0 bridgehead atoms. The summed E-state index contributed by atoms with van der Waals surface area (Å²) < 4.78 is 38.7. The molecule has 0 saturated carbocycles. The number of nitrogens with zero attached hydrogens (tertiary/aromatic N) is 2. The Morgan fingerprint density at radius 3 is 2.46 bits per heavy atom. The number of ketones is 1. The number of pyridine rings is 1. The Kier molecular flexibility index (Phi) is 9.64. The van der Waals surface area contributed by atoms with Crippen molar-refractivity contribution in [1.82, 2.24) is 4.98 Å². The van der Waals surface area contributed by atoms with Gasteiger partial charge in [-0.15, -0.1) is 0 Å². The maximum Gasteiger partial charge on any atom is 0.412 e. The Bertz CT molecular complexity index is 1340. The monoisotopic (exact) mass is 549 g/mol. The van der Waals surface area contributed by atoms with E-state index in [2.05, 4.69) is 15.3 Å². The van der Waals surface area contributed by atoms with Crippen molar-refractivity contribution in [3.8, 4) is 0 Å². The molecule has 2 aromatic carbocycles. The predicted octanol–water partition coefficient (Wildman–Crippen LogP) is 6.18. The number of carbonyl (C=O) groups excluding carboxylic acids is 3. The van der Waals surface area contributed by atoms with Gasteiger partial charge in [-0.3, -0.25) is 19.9 Å². The molecule has 1 heterocycles. The van der Waals surface area contributed by atoms with Gasteiger partial charge in [-0.1, -0.05) is 53.5 Å². The molecule has 1 unspecified atom stereocenters. The molecular formula is C25H19Cl2F2N3O5. The van der Waals surface area contributed by atoms with E-state index in [1.54, 1.807) is 30.3 Å². The lowest BCUT2D eigenvalue weighted by atomic mass is 10.00. The number of carbonyl (C=O) groups is 3. The van der Waals surface area contributed by atoms with Gasteiger partial charge >= 0.3 is 12.1 Å². The normalized spacial score (nSPS) is 11.7. The smallest absolute Gasteiger partial charge is 0.412 e. The van der Waals surface area contributed by atoms with Crippen molar-refractivity contribution in [1.29, 1.82) is 0 Å². The van der Waals surface area contributed by atoms with E-state index in [9.17, 15) is 23.2 Å². The van der Waals surface area contributed by atoms with Crippen LogP contribution in [0, 0.1) is 17.6 Å². The molecule has 0 aliphatic rings. The minimum atomic E-state index is -1.63. The number of hydrogen-bond donors (Lipinski definition) is 1. The van der Waals surface area contributed by atoms with Gasteiger partial charge in [0.1, 0.15) is 28.4 Å². The largest absolute Gasteiger partial charge is 0.465 e. The lowest BCUT2D eigenvalue weighted by molar-refractivity contribution is -0.143. The van der Waals surface area contributed by atoms with Crippen molar-refractivity contribution < 1.29 is 32.6 Å². The van der Waals surface area contributed by atoms with Gasteiger partial charge in [-0.2, -0.15) is 0 Å². The number of rotatable bonds is 9. The molecule has 0 radical (unpaired) electrons. The number of ether oxygens (including phenoxy) is 2. The lowest BCUT2D eigenvalue weighted by Gasteiger charge is -2.12. The zero-order valence-electron chi connectivity index (χ0n) is 19.2. The SMILES string of the molecule is CCOC(=O)C(C=Nc1cc(NC(=O)OCc2ccccc2)c(F)cc1F)C(=O)c1ccc(Cl)nc1Cl. The average molecular weight is 550 g/mol. The molecule has 3 rings (SSSR count). The minimum absolute atomic E-state index is 0.0265. The van der Waals surface area contributed by atoms with Crippen LogP contribution in [0.3, 0.4) is 0 Å². The molecule has 0 aliphatic carbocycles. The van der Waals surface area contributed by atoms with Crippen LogP contribution in [-0.2, 0) is 20.9 Å². The maximum atomic E-state index is 14.4. The van der Waals surface area contributed by atoms with Gasteiger partial charge < -0.3 is 9.47 Å². The van der Waals surface area contributed by atoms with E-state index in [1.165, 1.54) is 19.1 Å². The number of amides is 1. The van der Waals surface area contributed by atoms with Crippen molar-refractivity contribution >= 4 is 58.6 Å². The summed E-state index contributed by atoms with van der Waals surface area (Å²) in [6.07, 6.45) is -0.159. The third kappa shape index (κ3) is 7.55. The molecule has 8 nitrogen and oxygen atoms in total. The van der Waals surface area contributed by atoms with E-state index in [1.807, 2.05) is 0 Å². The predicted molar refractivity (Wildman–Crippen MR) is 133 cm³/mol. The molecular weight excluding hydrogens is 531 g/mol. The summed E-state index contributed by atoms with van der Waals surface area (Å²) in [7, 11) is 0. The van der Waals surface area contributed by atoms with E-state index in [-0.39, 0.29) is 29.1 Å². The first kappa shape index (κ1) is 27.7. The summed E-state index contributed by atoms with van der Waals surface area (Å²) in [6, 6.07) is 12.7. The van der Waals surface area contributed by atoms with Crippen LogP contribution < -0.4 is 5.32 Å². The molecule has 3 aromatic rings. The average Bonchev–Trinajstić information content (AvgIpc) is 2.86. The van der Waals surface area contributed by atoms with Gasteiger partial charge in [0.05, 0.1) is 17.9 Å². The zero-order chi connectivity index (χ0) is 26.9. The van der Waals surface area contributed by atoms with Crippen molar-refractivity contribution in [2.75, 3.05) is 11.9 Å². The Labute approximate surface area is 220 Å². The highest BCUT2D eigenvalue weighted by Gasteiger charge is 2.29. The number of esters is 1. The number of Topliss-reactive ketones (excluding diaryl/α,β-unsaturated/α-hetero) is 1. The summed E-state index contributed by atoms with van der Waals surface area (Å²) in [5.41, 5.74) is -0.343. The van der Waals surface area contributed by atoms with Crippen LogP contribution in [0.15, 0.2) is 59.6 Å². The van der Waals surface area contributed by atoms with Gasteiger partial charge in [-0.05, 0) is 30.7 Å². The van der Waals surface area contributed by atoms with E-state index in [0.29, 0.717) is 11.6 Å². The fourth-order valence-corrected chi connectivity index (χ4v) is 3.43. The van der Waals surface area contributed by atoms with Crippen molar-refractivity contribution in [2.24, 2.45) is 10.9 Å². The highest BCUT2D eigenvalue weighted by atomic mass is 35.5. The topological polar surface area (TPSA) is 107 Å². The third-order valence-electron chi connectivity index (χ3n) is 4.75. The fraction of sp³-hybridized carbons (Fsp3) is 0.160. The number of nitrogens with one attached hydrogen (secondary N) is 1. The van der Waals surface area contributed by atoms with Crippen LogP contribution in [0.1, 0.15) is 22.8 Å². The Balaban J connectivity index is 1.82. The third-order valence-corrected chi connectivity index (χ3v) is 5.25. The van der Waals surface area contributed by atoms with E-state index in [4.69, 9.17) is 32.7 Å².